The molecule has 1 heterocycles. The Balaban J connectivity index is 2.20. The average Bonchev–Trinajstić information content (AvgIpc) is 2.23. The van der Waals surface area contributed by atoms with Crippen LogP contribution in [0.2, 0.25) is 0 Å². The first kappa shape index (κ1) is 9.71. The van der Waals surface area contributed by atoms with E-state index in [1.807, 2.05) is 30.3 Å². The summed E-state index contributed by atoms with van der Waals surface area (Å²) in [6, 6.07) is 9.83. The first-order valence-electron chi connectivity index (χ1n) is 4.66. The van der Waals surface area contributed by atoms with E-state index < -0.39 is 0 Å². The molecule has 0 unspecified atom stereocenters. The fourth-order valence-electron chi connectivity index (χ4n) is 1.60. The second kappa shape index (κ2) is 4.13. The number of hydrogen-bond acceptors (Lipinski definition) is 2. The van der Waals surface area contributed by atoms with Gasteiger partial charge >= 0.3 is 5.97 Å². The van der Waals surface area contributed by atoms with Crippen molar-refractivity contribution >= 4 is 21.9 Å². The average molecular weight is 255 g/mol. The van der Waals surface area contributed by atoms with Gasteiger partial charge in [-0.2, -0.15) is 0 Å². The molecule has 1 aromatic carbocycles. The molecule has 2 rings (SSSR count). The third-order valence-electron chi connectivity index (χ3n) is 2.34. The minimum Gasteiger partial charge on any atom is -0.456 e. The molecule has 0 saturated carbocycles. The second-order valence-electron chi connectivity index (χ2n) is 3.38. The summed E-state index contributed by atoms with van der Waals surface area (Å²) in [5.74, 6) is -0.102. The van der Waals surface area contributed by atoms with Gasteiger partial charge in [0.05, 0.1) is 4.83 Å². The van der Waals surface area contributed by atoms with E-state index in [2.05, 4.69) is 15.9 Å². The molecule has 0 spiro atoms. The van der Waals surface area contributed by atoms with E-state index in [0.717, 1.165) is 12.0 Å². The number of carbonyl (C=O) groups excluding carboxylic acids is 1. The maximum atomic E-state index is 11.1. The van der Waals surface area contributed by atoms with Crippen molar-refractivity contribution in [1.82, 2.24) is 0 Å². The molecule has 1 aromatic rings. The number of cyclic esters (lactones) is 1. The summed E-state index contributed by atoms with van der Waals surface area (Å²) in [6.45, 7) is 0. The van der Waals surface area contributed by atoms with Crippen molar-refractivity contribution in [3.63, 3.8) is 0 Å². The molecule has 0 aliphatic carbocycles. The summed E-state index contributed by atoms with van der Waals surface area (Å²) in [7, 11) is 0. The fraction of sp³-hybridized carbons (Fsp3) is 0.364. The number of alkyl halides is 1. The normalized spacial score (nSPS) is 27.1. The SMILES string of the molecule is O=C1CC[C@H](Br)[C@@H](c2ccccc2)O1. The molecule has 0 N–H and O–H groups in total. The monoisotopic (exact) mass is 254 g/mol. The van der Waals surface area contributed by atoms with Crippen molar-refractivity contribution in [3.05, 3.63) is 35.9 Å². The van der Waals surface area contributed by atoms with Crippen LogP contribution in [0.3, 0.4) is 0 Å². The number of carbonyl (C=O) groups is 1. The quantitative estimate of drug-likeness (QED) is 0.569. The molecule has 0 bridgehead atoms. The highest BCUT2D eigenvalue weighted by atomic mass is 79.9. The van der Waals surface area contributed by atoms with Gasteiger partial charge in [0.1, 0.15) is 6.10 Å². The van der Waals surface area contributed by atoms with Crippen LogP contribution in [0.4, 0.5) is 0 Å². The topological polar surface area (TPSA) is 26.3 Å². The van der Waals surface area contributed by atoms with Gasteiger partial charge in [-0.3, -0.25) is 4.79 Å². The molecule has 74 valence electrons. The molecule has 0 amide bonds. The van der Waals surface area contributed by atoms with Gasteiger partial charge in [0, 0.05) is 6.42 Å². The van der Waals surface area contributed by atoms with Crippen LogP contribution in [-0.2, 0) is 9.53 Å². The third kappa shape index (κ3) is 1.98. The standard InChI is InChI=1S/C11H11BrO2/c12-9-6-7-10(13)14-11(9)8-4-2-1-3-5-8/h1-5,9,11H,6-7H2/t9-,11+/m0/s1. The van der Waals surface area contributed by atoms with Crippen LogP contribution in [0.5, 0.6) is 0 Å². The lowest BCUT2D eigenvalue weighted by Gasteiger charge is -2.27. The van der Waals surface area contributed by atoms with Crippen LogP contribution in [0, 0.1) is 0 Å². The van der Waals surface area contributed by atoms with E-state index in [-0.39, 0.29) is 16.9 Å². The van der Waals surface area contributed by atoms with Crippen LogP contribution in [0.15, 0.2) is 30.3 Å². The Bertz CT molecular complexity index is 323. The number of hydrogen-bond donors (Lipinski definition) is 0. The van der Waals surface area contributed by atoms with Crippen molar-refractivity contribution in [2.75, 3.05) is 0 Å². The van der Waals surface area contributed by atoms with Crippen molar-refractivity contribution in [2.45, 2.75) is 23.8 Å². The zero-order chi connectivity index (χ0) is 9.97. The summed E-state index contributed by atoms with van der Waals surface area (Å²) in [6.07, 6.45) is 1.23. The largest absolute Gasteiger partial charge is 0.456 e. The van der Waals surface area contributed by atoms with Gasteiger partial charge in [0.15, 0.2) is 0 Å². The molecule has 2 nitrogen and oxygen atoms in total. The zero-order valence-corrected chi connectivity index (χ0v) is 9.24. The predicted molar refractivity (Wildman–Crippen MR) is 57.2 cm³/mol. The van der Waals surface area contributed by atoms with E-state index in [9.17, 15) is 4.79 Å². The first-order chi connectivity index (χ1) is 6.77. The molecule has 0 radical (unpaired) electrons. The lowest BCUT2D eigenvalue weighted by molar-refractivity contribution is -0.153. The lowest BCUT2D eigenvalue weighted by atomic mass is 10.0. The number of ether oxygens (including phenoxy) is 1. The van der Waals surface area contributed by atoms with Gasteiger partial charge in [-0.1, -0.05) is 46.3 Å². The third-order valence-corrected chi connectivity index (χ3v) is 3.28. The minimum atomic E-state index is -0.127. The second-order valence-corrected chi connectivity index (χ2v) is 4.55. The van der Waals surface area contributed by atoms with Crippen LogP contribution in [0.25, 0.3) is 0 Å². The molecule has 14 heavy (non-hydrogen) atoms. The Labute approximate surface area is 91.4 Å². The molecule has 1 aliphatic rings. The molecule has 1 fully saturated rings. The van der Waals surface area contributed by atoms with Crippen LogP contribution in [-0.4, -0.2) is 10.8 Å². The number of halogens is 1. The Morgan fingerprint density at radius 2 is 2.00 bits per heavy atom. The summed E-state index contributed by atoms with van der Waals surface area (Å²) >= 11 is 3.54. The van der Waals surface area contributed by atoms with E-state index >= 15 is 0 Å². The Morgan fingerprint density at radius 1 is 1.29 bits per heavy atom. The van der Waals surface area contributed by atoms with Gasteiger partial charge in [-0.15, -0.1) is 0 Å². The molecule has 2 atom stereocenters. The molecular formula is C11H11BrO2. The van der Waals surface area contributed by atoms with E-state index in [1.54, 1.807) is 0 Å². The van der Waals surface area contributed by atoms with E-state index in [4.69, 9.17) is 4.74 Å². The molecule has 0 aromatic heterocycles. The number of benzene rings is 1. The molecule has 1 saturated heterocycles. The van der Waals surface area contributed by atoms with Gasteiger partial charge < -0.3 is 4.74 Å². The summed E-state index contributed by atoms with van der Waals surface area (Å²) < 4.78 is 5.30. The smallest absolute Gasteiger partial charge is 0.306 e. The molecular weight excluding hydrogens is 244 g/mol. The van der Waals surface area contributed by atoms with Gasteiger partial charge in [-0.25, -0.2) is 0 Å². The van der Waals surface area contributed by atoms with E-state index in [0.29, 0.717) is 6.42 Å². The highest BCUT2D eigenvalue weighted by molar-refractivity contribution is 9.09. The highest BCUT2D eigenvalue weighted by Crippen LogP contribution is 2.33. The van der Waals surface area contributed by atoms with Crippen LogP contribution >= 0.6 is 15.9 Å². The van der Waals surface area contributed by atoms with Gasteiger partial charge in [0.25, 0.3) is 0 Å². The Kier molecular flexibility index (Phi) is 2.87. The van der Waals surface area contributed by atoms with Crippen LogP contribution < -0.4 is 0 Å². The van der Waals surface area contributed by atoms with Gasteiger partial charge in [-0.05, 0) is 12.0 Å². The van der Waals surface area contributed by atoms with Crippen molar-refractivity contribution in [1.29, 1.82) is 0 Å². The zero-order valence-electron chi connectivity index (χ0n) is 7.65. The molecule has 1 aliphatic heterocycles. The maximum Gasteiger partial charge on any atom is 0.306 e. The van der Waals surface area contributed by atoms with Crippen molar-refractivity contribution < 1.29 is 9.53 Å². The Morgan fingerprint density at radius 3 is 2.71 bits per heavy atom. The predicted octanol–water partition coefficient (Wildman–Crippen LogP) is 2.83. The number of rotatable bonds is 1. The summed E-state index contributed by atoms with van der Waals surface area (Å²) in [5.41, 5.74) is 1.06. The maximum absolute atomic E-state index is 11.1. The Hall–Kier alpha value is -0.830. The highest BCUT2D eigenvalue weighted by Gasteiger charge is 2.29. The van der Waals surface area contributed by atoms with Crippen molar-refractivity contribution in [2.24, 2.45) is 0 Å². The fourth-order valence-corrected chi connectivity index (χ4v) is 2.24. The van der Waals surface area contributed by atoms with E-state index in [1.165, 1.54) is 0 Å². The molecule has 3 heteroatoms. The summed E-state index contributed by atoms with van der Waals surface area (Å²) in [4.78, 5) is 11.4. The minimum absolute atomic E-state index is 0.102. The van der Waals surface area contributed by atoms with Gasteiger partial charge in [0.2, 0.25) is 0 Å². The summed E-state index contributed by atoms with van der Waals surface area (Å²) in [5, 5.41) is 0. The first-order valence-corrected chi connectivity index (χ1v) is 5.57. The number of esters is 1. The van der Waals surface area contributed by atoms with Crippen LogP contribution in [0.1, 0.15) is 24.5 Å². The lowest BCUT2D eigenvalue weighted by Crippen LogP contribution is -2.26. The van der Waals surface area contributed by atoms with Crippen molar-refractivity contribution in [3.8, 4) is 0 Å².